The number of halogens is 1. The van der Waals surface area contributed by atoms with E-state index in [2.05, 4.69) is 37.3 Å². The van der Waals surface area contributed by atoms with E-state index in [9.17, 15) is 0 Å². The average molecular weight is 343 g/mol. The maximum absolute atomic E-state index is 5.65. The summed E-state index contributed by atoms with van der Waals surface area (Å²) in [5, 5.41) is 2.09. The van der Waals surface area contributed by atoms with Gasteiger partial charge in [0.1, 0.15) is 10.7 Å². The molecule has 2 aromatic rings. The second-order valence-electron chi connectivity index (χ2n) is 3.71. The smallest absolute Gasteiger partial charge is 0.157 e. The number of rotatable bonds is 4. The summed E-state index contributed by atoms with van der Waals surface area (Å²) in [6.07, 6.45) is 3.23. The van der Waals surface area contributed by atoms with Crippen LogP contribution in [0.15, 0.2) is 27.6 Å². The van der Waals surface area contributed by atoms with Crippen LogP contribution >= 0.6 is 39.5 Å². The monoisotopic (exact) mass is 342 g/mol. The van der Waals surface area contributed by atoms with Gasteiger partial charge in [0, 0.05) is 26.0 Å². The highest BCUT2D eigenvalue weighted by Crippen LogP contribution is 2.23. The number of nitrogens with two attached hydrogens (primary N) is 1. The van der Waals surface area contributed by atoms with E-state index in [-0.39, 0.29) is 4.99 Å². The highest BCUT2D eigenvalue weighted by molar-refractivity contribution is 9.11. The van der Waals surface area contributed by atoms with Crippen molar-refractivity contribution in [2.45, 2.75) is 6.54 Å². The van der Waals surface area contributed by atoms with E-state index in [1.807, 2.05) is 11.9 Å². The van der Waals surface area contributed by atoms with Gasteiger partial charge in [-0.05, 0) is 32.9 Å². The molecule has 0 fully saturated rings. The Morgan fingerprint density at radius 3 is 2.83 bits per heavy atom. The standard InChI is InChI=1S/C11H11BrN4S2/c1-16(5-7-4-8(12)18-6-7)11-9(10(13)17)14-2-3-15-11/h2-4,6H,5H2,1H3,(H2,13,17). The molecule has 0 spiro atoms. The first-order valence-corrected chi connectivity index (χ1v) is 7.21. The van der Waals surface area contributed by atoms with Gasteiger partial charge in [-0.2, -0.15) is 0 Å². The highest BCUT2D eigenvalue weighted by Gasteiger charge is 2.13. The van der Waals surface area contributed by atoms with Gasteiger partial charge in [-0.3, -0.25) is 0 Å². The van der Waals surface area contributed by atoms with Crippen molar-refractivity contribution in [1.82, 2.24) is 9.97 Å². The topological polar surface area (TPSA) is 55.0 Å². The number of thiocarbonyl (C=S) groups is 1. The molecule has 0 aliphatic heterocycles. The summed E-state index contributed by atoms with van der Waals surface area (Å²) in [6.45, 7) is 0.733. The van der Waals surface area contributed by atoms with Gasteiger partial charge in [-0.25, -0.2) is 9.97 Å². The Morgan fingerprint density at radius 1 is 1.50 bits per heavy atom. The van der Waals surface area contributed by atoms with Crippen LogP contribution in [0, 0.1) is 0 Å². The van der Waals surface area contributed by atoms with E-state index in [0.717, 1.165) is 10.3 Å². The summed E-state index contributed by atoms with van der Waals surface area (Å²) in [5.41, 5.74) is 7.41. The molecule has 0 atom stereocenters. The number of aromatic nitrogens is 2. The van der Waals surface area contributed by atoms with Crippen molar-refractivity contribution in [1.29, 1.82) is 0 Å². The molecule has 0 aliphatic rings. The van der Waals surface area contributed by atoms with Crippen molar-refractivity contribution >= 4 is 50.3 Å². The lowest BCUT2D eigenvalue weighted by molar-refractivity contribution is 0.890. The van der Waals surface area contributed by atoms with Crippen LogP contribution in [0.5, 0.6) is 0 Å². The lowest BCUT2D eigenvalue weighted by atomic mass is 10.3. The van der Waals surface area contributed by atoms with Crippen LogP contribution < -0.4 is 10.6 Å². The molecule has 0 radical (unpaired) electrons. The first kappa shape index (κ1) is 13.4. The molecular weight excluding hydrogens is 332 g/mol. The molecule has 2 rings (SSSR count). The second kappa shape index (κ2) is 5.73. The van der Waals surface area contributed by atoms with Crippen LogP contribution in [-0.4, -0.2) is 22.0 Å². The van der Waals surface area contributed by atoms with Gasteiger partial charge in [0.2, 0.25) is 0 Å². The van der Waals surface area contributed by atoms with E-state index >= 15 is 0 Å². The van der Waals surface area contributed by atoms with E-state index in [0.29, 0.717) is 11.5 Å². The van der Waals surface area contributed by atoms with Gasteiger partial charge in [0.25, 0.3) is 0 Å². The molecule has 0 aromatic carbocycles. The van der Waals surface area contributed by atoms with Gasteiger partial charge in [-0.15, -0.1) is 11.3 Å². The Kier molecular flexibility index (Phi) is 4.26. The summed E-state index contributed by atoms with van der Waals surface area (Å²) in [7, 11) is 1.94. The minimum atomic E-state index is 0.261. The third-order valence-electron chi connectivity index (χ3n) is 2.32. The van der Waals surface area contributed by atoms with Gasteiger partial charge in [-0.1, -0.05) is 12.2 Å². The molecule has 0 amide bonds. The predicted molar refractivity (Wildman–Crippen MR) is 82.0 cm³/mol. The minimum absolute atomic E-state index is 0.261. The number of anilines is 1. The van der Waals surface area contributed by atoms with Crippen LogP contribution in [0.3, 0.4) is 0 Å². The largest absolute Gasteiger partial charge is 0.388 e. The molecule has 0 bridgehead atoms. The van der Waals surface area contributed by atoms with Crippen molar-refractivity contribution in [2.75, 3.05) is 11.9 Å². The number of nitrogens with zero attached hydrogens (tertiary/aromatic N) is 3. The molecular formula is C11H11BrN4S2. The molecule has 2 heterocycles. The van der Waals surface area contributed by atoms with Gasteiger partial charge in [0.15, 0.2) is 5.82 Å². The first-order chi connectivity index (χ1) is 8.58. The summed E-state index contributed by atoms with van der Waals surface area (Å²) in [4.78, 5) is 10.7. The number of hydrogen-bond acceptors (Lipinski definition) is 5. The molecule has 4 nitrogen and oxygen atoms in total. The molecule has 0 saturated heterocycles. The van der Waals surface area contributed by atoms with Crippen molar-refractivity contribution in [3.05, 3.63) is 38.9 Å². The van der Waals surface area contributed by atoms with Gasteiger partial charge in [0.05, 0.1) is 3.79 Å². The SMILES string of the molecule is CN(Cc1csc(Br)c1)c1nccnc1C(N)=S. The molecule has 0 unspecified atom stereocenters. The second-order valence-corrected chi connectivity index (χ2v) is 6.44. The predicted octanol–water partition coefficient (Wildman–Crippen LogP) is 2.57. The maximum Gasteiger partial charge on any atom is 0.157 e. The normalized spacial score (nSPS) is 10.3. The zero-order chi connectivity index (χ0) is 13.1. The maximum atomic E-state index is 5.65. The Bertz CT molecular complexity index is 570. The third-order valence-corrected chi connectivity index (χ3v) is 4.06. The van der Waals surface area contributed by atoms with Crippen LogP contribution in [0.4, 0.5) is 5.82 Å². The summed E-state index contributed by atoms with van der Waals surface area (Å²) < 4.78 is 1.11. The van der Waals surface area contributed by atoms with Gasteiger partial charge >= 0.3 is 0 Å². The molecule has 94 valence electrons. The lowest BCUT2D eigenvalue weighted by Gasteiger charge is -2.19. The molecule has 2 N–H and O–H groups in total. The molecule has 0 aliphatic carbocycles. The molecule has 2 aromatic heterocycles. The highest BCUT2D eigenvalue weighted by atomic mass is 79.9. The summed E-state index contributed by atoms with van der Waals surface area (Å²) in [6, 6.07) is 2.08. The van der Waals surface area contributed by atoms with Crippen molar-refractivity contribution in [3.8, 4) is 0 Å². The van der Waals surface area contributed by atoms with Crippen molar-refractivity contribution < 1.29 is 0 Å². The first-order valence-electron chi connectivity index (χ1n) is 5.13. The number of hydrogen-bond donors (Lipinski definition) is 1. The molecule has 0 saturated carbocycles. The van der Waals surface area contributed by atoms with Gasteiger partial charge < -0.3 is 10.6 Å². The van der Waals surface area contributed by atoms with Crippen molar-refractivity contribution in [2.24, 2.45) is 5.73 Å². The number of thiophene rings is 1. The zero-order valence-corrected chi connectivity index (χ0v) is 12.8. The fourth-order valence-corrected chi connectivity index (χ4v) is 2.91. The molecule has 7 heteroatoms. The fourth-order valence-electron chi connectivity index (χ4n) is 1.56. The summed E-state index contributed by atoms with van der Waals surface area (Å²) >= 11 is 10.1. The Balaban J connectivity index is 2.23. The van der Waals surface area contributed by atoms with E-state index in [4.69, 9.17) is 18.0 Å². The van der Waals surface area contributed by atoms with Crippen LogP contribution in [0.2, 0.25) is 0 Å². The molecule has 18 heavy (non-hydrogen) atoms. The Labute approximate surface area is 123 Å². The van der Waals surface area contributed by atoms with Crippen LogP contribution in [0.25, 0.3) is 0 Å². The van der Waals surface area contributed by atoms with Crippen LogP contribution in [-0.2, 0) is 6.54 Å². The van der Waals surface area contributed by atoms with Crippen molar-refractivity contribution in [3.63, 3.8) is 0 Å². The van der Waals surface area contributed by atoms with Crippen LogP contribution in [0.1, 0.15) is 11.3 Å². The van der Waals surface area contributed by atoms with E-state index in [1.54, 1.807) is 23.7 Å². The quantitative estimate of drug-likeness (QED) is 0.865. The Hall–Kier alpha value is -1.05. The third kappa shape index (κ3) is 3.04. The lowest BCUT2D eigenvalue weighted by Crippen LogP contribution is -2.23. The minimum Gasteiger partial charge on any atom is -0.388 e. The zero-order valence-electron chi connectivity index (χ0n) is 9.63. The fraction of sp³-hybridized carbons (Fsp3) is 0.182. The van der Waals surface area contributed by atoms with E-state index in [1.165, 1.54) is 5.56 Å². The summed E-state index contributed by atoms with van der Waals surface area (Å²) in [5.74, 6) is 0.701. The van der Waals surface area contributed by atoms with E-state index < -0.39 is 0 Å². The average Bonchev–Trinajstić information content (AvgIpc) is 2.74. The Morgan fingerprint density at radius 2 is 2.22 bits per heavy atom.